The van der Waals surface area contributed by atoms with E-state index < -0.39 is 0 Å². The van der Waals surface area contributed by atoms with Crippen LogP contribution in [0, 0.1) is 0 Å². The van der Waals surface area contributed by atoms with E-state index in [1.165, 1.54) is 0 Å². The topological polar surface area (TPSA) is 24.9 Å². The molecule has 1 rings (SSSR count). The monoisotopic (exact) mass is 130 g/mol. The van der Waals surface area contributed by atoms with Crippen LogP contribution in [-0.2, 0) is 9.68 Å². The van der Waals surface area contributed by atoms with Crippen LogP contribution >= 0.6 is 0 Å². The fourth-order valence-electron chi connectivity index (χ4n) is 0.618. The molecule has 0 spiro atoms. The van der Waals surface area contributed by atoms with Crippen LogP contribution in [0.15, 0.2) is 12.4 Å². The van der Waals surface area contributed by atoms with Gasteiger partial charge in [-0.3, -0.25) is 9.68 Å². The summed E-state index contributed by atoms with van der Waals surface area (Å²) in [6.45, 7) is 0.632. The first-order valence-corrected chi connectivity index (χ1v) is 2.66. The molecule has 1 aliphatic rings. The van der Waals surface area contributed by atoms with E-state index in [0.29, 0.717) is 6.67 Å². The molecule has 0 fully saturated rings. The molecule has 1 aliphatic heterocycles. The van der Waals surface area contributed by atoms with Crippen molar-refractivity contribution in [2.45, 2.75) is 0 Å². The van der Waals surface area contributed by atoms with E-state index in [1.54, 1.807) is 36.7 Å². The lowest BCUT2D eigenvalue weighted by molar-refractivity contribution is -0.169. The number of nitrogens with zero attached hydrogens (tertiary/aromatic N) is 2. The third-order valence-electron chi connectivity index (χ3n) is 1.15. The average molecular weight is 130 g/mol. The lowest BCUT2D eigenvalue weighted by atomic mass is 10.9. The van der Waals surface area contributed by atoms with Crippen LogP contribution in [0.3, 0.4) is 0 Å². The van der Waals surface area contributed by atoms with Gasteiger partial charge in [-0.15, -0.1) is 0 Å². The van der Waals surface area contributed by atoms with Gasteiger partial charge in [-0.2, -0.15) is 0 Å². The minimum Gasteiger partial charge on any atom is -0.275 e. The minimum atomic E-state index is 0.632. The van der Waals surface area contributed by atoms with Gasteiger partial charge in [-0.25, -0.2) is 10.1 Å². The highest BCUT2D eigenvalue weighted by atomic mass is 16.7. The largest absolute Gasteiger partial charge is 0.275 e. The molecule has 4 heteroatoms. The van der Waals surface area contributed by atoms with Gasteiger partial charge in [0.15, 0.2) is 0 Å². The summed E-state index contributed by atoms with van der Waals surface area (Å²) >= 11 is 0. The highest BCUT2D eigenvalue weighted by Gasteiger charge is 2.09. The van der Waals surface area contributed by atoms with Crippen molar-refractivity contribution >= 4 is 0 Å². The second-order valence-corrected chi connectivity index (χ2v) is 1.64. The predicted octanol–water partition coefficient (Wildman–Crippen LogP) is 0.155. The second-order valence-electron chi connectivity index (χ2n) is 1.64. The smallest absolute Gasteiger partial charge is 0.141 e. The normalized spacial score (nSPS) is 17.6. The summed E-state index contributed by atoms with van der Waals surface area (Å²) < 4.78 is 0. The molecule has 0 aromatic heterocycles. The van der Waals surface area contributed by atoms with Crippen molar-refractivity contribution in [2.24, 2.45) is 0 Å². The molecular formula is C5H10N2O2. The second kappa shape index (κ2) is 2.70. The van der Waals surface area contributed by atoms with E-state index in [2.05, 4.69) is 0 Å². The van der Waals surface area contributed by atoms with E-state index in [4.69, 9.17) is 9.68 Å². The fraction of sp³-hybridized carbons (Fsp3) is 0.600. The van der Waals surface area contributed by atoms with Crippen LogP contribution in [-0.4, -0.2) is 31.0 Å². The molecule has 0 saturated carbocycles. The molecular weight excluding hydrogens is 120 g/mol. The Morgan fingerprint density at radius 3 is 1.78 bits per heavy atom. The summed E-state index contributed by atoms with van der Waals surface area (Å²) in [6.07, 6.45) is 3.59. The van der Waals surface area contributed by atoms with Gasteiger partial charge in [-0.1, -0.05) is 0 Å². The average Bonchev–Trinajstić information content (AvgIpc) is 2.34. The Balaban J connectivity index is 2.31. The van der Waals surface area contributed by atoms with Gasteiger partial charge in [0.25, 0.3) is 0 Å². The van der Waals surface area contributed by atoms with E-state index >= 15 is 0 Å². The highest BCUT2D eigenvalue weighted by molar-refractivity contribution is 4.81. The third-order valence-corrected chi connectivity index (χ3v) is 1.15. The maximum atomic E-state index is 4.87. The first kappa shape index (κ1) is 6.38. The van der Waals surface area contributed by atoms with E-state index in [1.807, 2.05) is 0 Å². The number of hydrogen-bond donors (Lipinski definition) is 0. The van der Waals surface area contributed by atoms with Gasteiger partial charge in [-0.05, 0) is 0 Å². The van der Waals surface area contributed by atoms with Crippen LogP contribution in [0.25, 0.3) is 0 Å². The molecule has 0 aliphatic carbocycles. The zero-order valence-electron chi connectivity index (χ0n) is 5.57. The Labute approximate surface area is 54.2 Å². The summed E-state index contributed by atoms with van der Waals surface area (Å²) in [4.78, 5) is 9.74. The molecule has 0 unspecified atom stereocenters. The van der Waals surface area contributed by atoms with Gasteiger partial charge in [0.2, 0.25) is 0 Å². The van der Waals surface area contributed by atoms with Gasteiger partial charge in [0, 0.05) is 12.4 Å². The summed E-state index contributed by atoms with van der Waals surface area (Å²) in [7, 11) is 3.23. The van der Waals surface area contributed by atoms with Crippen LogP contribution in [0.4, 0.5) is 0 Å². The molecule has 0 bridgehead atoms. The van der Waals surface area contributed by atoms with Crippen LogP contribution in [0.1, 0.15) is 0 Å². The van der Waals surface area contributed by atoms with Gasteiger partial charge in [0.1, 0.15) is 6.67 Å². The standard InChI is InChI=1S/C5H10N2O2/c1-8-6-3-4-7(5-6)9-2/h3-4H,5H2,1-2H3. The SMILES string of the molecule is CON1C=CN(OC)C1. The maximum Gasteiger partial charge on any atom is 0.141 e. The lowest BCUT2D eigenvalue weighted by Gasteiger charge is -2.15. The van der Waals surface area contributed by atoms with Gasteiger partial charge in [0.05, 0.1) is 14.2 Å². The Bertz CT molecular complexity index is 104. The molecule has 1 heterocycles. The molecule has 0 N–H and O–H groups in total. The van der Waals surface area contributed by atoms with Crippen molar-refractivity contribution in [3.8, 4) is 0 Å². The van der Waals surface area contributed by atoms with Gasteiger partial charge >= 0.3 is 0 Å². The maximum absolute atomic E-state index is 4.87. The molecule has 4 nitrogen and oxygen atoms in total. The first-order chi connectivity index (χ1) is 4.36. The van der Waals surface area contributed by atoms with Crippen LogP contribution < -0.4 is 0 Å². The first-order valence-electron chi connectivity index (χ1n) is 2.66. The van der Waals surface area contributed by atoms with E-state index in [9.17, 15) is 0 Å². The van der Waals surface area contributed by atoms with Crippen LogP contribution in [0.5, 0.6) is 0 Å². The minimum absolute atomic E-state index is 0.632. The molecule has 0 radical (unpaired) electrons. The summed E-state index contributed by atoms with van der Waals surface area (Å²) in [6, 6.07) is 0. The summed E-state index contributed by atoms with van der Waals surface area (Å²) in [5, 5.41) is 3.31. The molecule has 0 saturated heterocycles. The lowest BCUT2D eigenvalue weighted by Crippen LogP contribution is -2.23. The molecule has 0 atom stereocenters. The van der Waals surface area contributed by atoms with Crippen molar-refractivity contribution in [2.75, 3.05) is 20.9 Å². The molecule has 52 valence electrons. The highest BCUT2D eigenvalue weighted by Crippen LogP contribution is 2.04. The molecule has 0 amide bonds. The van der Waals surface area contributed by atoms with Crippen molar-refractivity contribution in [1.82, 2.24) is 10.1 Å². The predicted molar refractivity (Wildman–Crippen MR) is 31.7 cm³/mol. The van der Waals surface area contributed by atoms with Crippen LogP contribution in [0.2, 0.25) is 0 Å². The van der Waals surface area contributed by atoms with Gasteiger partial charge < -0.3 is 0 Å². The Kier molecular flexibility index (Phi) is 1.92. The van der Waals surface area contributed by atoms with Crippen molar-refractivity contribution in [1.29, 1.82) is 0 Å². The molecule has 9 heavy (non-hydrogen) atoms. The Morgan fingerprint density at radius 2 is 1.56 bits per heavy atom. The Morgan fingerprint density at radius 1 is 1.11 bits per heavy atom. The number of rotatable bonds is 2. The summed E-state index contributed by atoms with van der Waals surface area (Å²) in [5.74, 6) is 0. The van der Waals surface area contributed by atoms with Crippen molar-refractivity contribution in [3.63, 3.8) is 0 Å². The zero-order valence-corrected chi connectivity index (χ0v) is 5.57. The third kappa shape index (κ3) is 1.34. The number of hydrogen-bond acceptors (Lipinski definition) is 4. The van der Waals surface area contributed by atoms with E-state index in [-0.39, 0.29) is 0 Å². The summed E-state index contributed by atoms with van der Waals surface area (Å²) in [5.41, 5.74) is 0. The molecule has 0 aromatic rings. The quantitative estimate of drug-likeness (QED) is 0.531. The Hall–Kier alpha value is -0.740. The zero-order chi connectivity index (χ0) is 6.69. The van der Waals surface area contributed by atoms with Crippen molar-refractivity contribution in [3.05, 3.63) is 12.4 Å². The molecule has 0 aromatic carbocycles. The van der Waals surface area contributed by atoms with Crippen molar-refractivity contribution < 1.29 is 9.68 Å². The number of hydroxylamine groups is 4. The fourth-order valence-corrected chi connectivity index (χ4v) is 0.618. The van der Waals surface area contributed by atoms with E-state index in [0.717, 1.165) is 0 Å².